The summed E-state index contributed by atoms with van der Waals surface area (Å²) >= 11 is 0. The highest BCUT2D eigenvalue weighted by Gasteiger charge is 2.26. The van der Waals surface area contributed by atoms with Crippen LogP contribution in [0, 0.1) is 11.6 Å². The van der Waals surface area contributed by atoms with Crippen molar-refractivity contribution in [2.24, 2.45) is 0 Å². The molecule has 1 heterocycles. The molecular formula is C14H18F2N2O. The zero-order valence-electron chi connectivity index (χ0n) is 11.2. The summed E-state index contributed by atoms with van der Waals surface area (Å²) in [6, 6.07) is 3.51. The molecule has 2 rings (SSSR count). The van der Waals surface area contributed by atoms with Crippen LogP contribution >= 0.6 is 0 Å². The number of carbonyl (C=O) groups is 1. The molecule has 1 aliphatic rings. The van der Waals surface area contributed by atoms with Crippen LogP contribution < -0.4 is 0 Å². The Bertz CT molecular complexity index is 477. The monoisotopic (exact) mass is 268 g/mol. The molecule has 0 radical (unpaired) electrons. The summed E-state index contributed by atoms with van der Waals surface area (Å²) in [6.45, 7) is 1.83. The van der Waals surface area contributed by atoms with Gasteiger partial charge >= 0.3 is 0 Å². The van der Waals surface area contributed by atoms with E-state index in [-0.39, 0.29) is 17.9 Å². The highest BCUT2D eigenvalue weighted by Crippen LogP contribution is 2.15. The molecule has 0 spiro atoms. The van der Waals surface area contributed by atoms with Crippen LogP contribution in [-0.2, 0) is 0 Å². The van der Waals surface area contributed by atoms with Crippen molar-refractivity contribution < 1.29 is 13.6 Å². The van der Waals surface area contributed by atoms with Crippen LogP contribution in [0.4, 0.5) is 8.78 Å². The number of hydrogen-bond donors (Lipinski definition) is 0. The van der Waals surface area contributed by atoms with E-state index in [4.69, 9.17) is 0 Å². The van der Waals surface area contributed by atoms with Gasteiger partial charge < -0.3 is 4.90 Å². The number of likely N-dealkylation sites (tertiary alicyclic amines) is 1. The lowest BCUT2D eigenvalue weighted by molar-refractivity contribution is 0.0937. The molecule has 0 aliphatic carbocycles. The van der Waals surface area contributed by atoms with Crippen LogP contribution in [0.25, 0.3) is 0 Å². The topological polar surface area (TPSA) is 23.6 Å². The summed E-state index contributed by atoms with van der Waals surface area (Å²) in [4.78, 5) is 16.1. The Morgan fingerprint density at radius 3 is 2.74 bits per heavy atom. The third-order valence-electron chi connectivity index (χ3n) is 3.58. The molecule has 1 saturated heterocycles. The van der Waals surface area contributed by atoms with Crippen molar-refractivity contribution in [3.63, 3.8) is 0 Å². The lowest BCUT2D eigenvalue weighted by atomic mass is 10.1. The Morgan fingerprint density at radius 1 is 1.42 bits per heavy atom. The Kier molecular flexibility index (Phi) is 4.27. The molecule has 1 aromatic rings. The van der Waals surface area contributed by atoms with Gasteiger partial charge in [-0.25, -0.2) is 8.78 Å². The average molecular weight is 268 g/mol. The fraction of sp³-hybridized carbons (Fsp3) is 0.500. The summed E-state index contributed by atoms with van der Waals surface area (Å²) in [5.74, 6) is -1.74. The van der Waals surface area contributed by atoms with Crippen LogP contribution in [-0.4, -0.2) is 55.4 Å². The first-order valence-electron chi connectivity index (χ1n) is 6.34. The lowest BCUT2D eigenvalue weighted by Crippen LogP contribution is -2.34. The third-order valence-corrected chi connectivity index (χ3v) is 3.58. The summed E-state index contributed by atoms with van der Waals surface area (Å²) in [7, 11) is 4.02. The second kappa shape index (κ2) is 5.75. The number of hydrogen-bond acceptors (Lipinski definition) is 3. The molecule has 3 nitrogen and oxygen atoms in total. The number of Topliss-reactive ketones (excluding diaryl/α,β-unsaturated/α-hetero) is 1. The van der Waals surface area contributed by atoms with Gasteiger partial charge in [-0.3, -0.25) is 9.69 Å². The van der Waals surface area contributed by atoms with Gasteiger partial charge in [-0.2, -0.15) is 0 Å². The Hall–Kier alpha value is -1.33. The predicted molar refractivity (Wildman–Crippen MR) is 69.2 cm³/mol. The average Bonchev–Trinajstić information content (AvgIpc) is 2.77. The van der Waals surface area contributed by atoms with E-state index in [0.29, 0.717) is 6.04 Å². The van der Waals surface area contributed by atoms with E-state index < -0.39 is 11.6 Å². The maximum Gasteiger partial charge on any atom is 0.179 e. The van der Waals surface area contributed by atoms with Crippen LogP contribution in [0.3, 0.4) is 0 Å². The fourth-order valence-corrected chi connectivity index (χ4v) is 2.38. The third kappa shape index (κ3) is 3.36. The molecule has 0 N–H and O–H groups in total. The maximum absolute atomic E-state index is 13.5. The molecule has 0 bridgehead atoms. The highest BCUT2D eigenvalue weighted by atomic mass is 19.1. The number of benzene rings is 1. The van der Waals surface area contributed by atoms with Gasteiger partial charge in [0.2, 0.25) is 0 Å². The Labute approximate surface area is 111 Å². The van der Waals surface area contributed by atoms with Gasteiger partial charge in [0.1, 0.15) is 11.6 Å². The van der Waals surface area contributed by atoms with Crippen LogP contribution in [0.2, 0.25) is 0 Å². The zero-order valence-corrected chi connectivity index (χ0v) is 11.2. The van der Waals surface area contributed by atoms with Gasteiger partial charge in [0.05, 0.1) is 12.1 Å². The predicted octanol–water partition coefficient (Wildman–Crippen LogP) is 1.78. The van der Waals surface area contributed by atoms with Gasteiger partial charge in [-0.05, 0) is 32.6 Å². The van der Waals surface area contributed by atoms with Crippen LogP contribution in [0.15, 0.2) is 18.2 Å². The quantitative estimate of drug-likeness (QED) is 0.778. The molecule has 1 aliphatic heterocycles. The minimum atomic E-state index is -0.784. The maximum atomic E-state index is 13.5. The number of ketones is 1. The summed E-state index contributed by atoms with van der Waals surface area (Å²) in [6.07, 6.45) is 1.01. The summed E-state index contributed by atoms with van der Waals surface area (Å²) in [5.41, 5.74) is -0.0327. The van der Waals surface area contributed by atoms with Crippen LogP contribution in [0.5, 0.6) is 0 Å². The number of rotatable bonds is 4. The van der Waals surface area contributed by atoms with Gasteiger partial charge in [0, 0.05) is 25.2 Å². The molecule has 104 valence electrons. The molecule has 1 atom stereocenters. The Balaban J connectivity index is 1.98. The molecule has 1 unspecified atom stereocenters. The molecule has 0 saturated carbocycles. The van der Waals surface area contributed by atoms with E-state index in [1.54, 1.807) is 0 Å². The zero-order chi connectivity index (χ0) is 14.0. The second-order valence-electron chi connectivity index (χ2n) is 5.19. The van der Waals surface area contributed by atoms with Gasteiger partial charge in [0.15, 0.2) is 5.78 Å². The summed E-state index contributed by atoms with van der Waals surface area (Å²) in [5, 5.41) is 0. The first-order valence-corrected chi connectivity index (χ1v) is 6.34. The van der Waals surface area contributed by atoms with Crippen molar-refractivity contribution in [3.05, 3.63) is 35.4 Å². The van der Waals surface area contributed by atoms with Crippen molar-refractivity contribution in [2.75, 3.05) is 33.7 Å². The molecule has 1 fully saturated rings. The molecule has 1 aromatic carbocycles. The minimum Gasteiger partial charge on any atom is -0.305 e. The molecule has 19 heavy (non-hydrogen) atoms. The molecule has 5 heteroatoms. The van der Waals surface area contributed by atoms with Crippen molar-refractivity contribution in [1.29, 1.82) is 0 Å². The SMILES string of the molecule is CN(C)C1CCN(CC(=O)c2ccc(F)cc2F)C1. The highest BCUT2D eigenvalue weighted by molar-refractivity contribution is 5.97. The number of nitrogens with zero attached hydrogens (tertiary/aromatic N) is 2. The minimum absolute atomic E-state index is 0.0327. The smallest absolute Gasteiger partial charge is 0.179 e. The number of carbonyl (C=O) groups excluding carboxylic acids is 1. The molecule has 0 amide bonds. The van der Waals surface area contributed by atoms with E-state index in [0.717, 1.165) is 31.6 Å². The Morgan fingerprint density at radius 2 is 2.16 bits per heavy atom. The van der Waals surface area contributed by atoms with E-state index >= 15 is 0 Å². The fourth-order valence-electron chi connectivity index (χ4n) is 2.38. The second-order valence-corrected chi connectivity index (χ2v) is 5.19. The van der Waals surface area contributed by atoms with Crippen molar-refractivity contribution >= 4 is 5.78 Å². The van der Waals surface area contributed by atoms with Gasteiger partial charge in [-0.15, -0.1) is 0 Å². The van der Waals surface area contributed by atoms with Crippen LogP contribution in [0.1, 0.15) is 16.8 Å². The van der Waals surface area contributed by atoms with E-state index in [9.17, 15) is 13.6 Å². The lowest BCUT2D eigenvalue weighted by Gasteiger charge is -2.19. The van der Waals surface area contributed by atoms with E-state index in [1.165, 1.54) is 6.07 Å². The van der Waals surface area contributed by atoms with Crippen molar-refractivity contribution in [2.45, 2.75) is 12.5 Å². The molecular weight excluding hydrogens is 250 g/mol. The van der Waals surface area contributed by atoms with Gasteiger partial charge in [0.25, 0.3) is 0 Å². The molecule has 0 aromatic heterocycles. The standard InChI is InChI=1S/C14H18F2N2O/c1-17(2)11-5-6-18(8-11)9-14(19)12-4-3-10(15)7-13(12)16/h3-4,7,11H,5-6,8-9H2,1-2H3. The van der Waals surface area contributed by atoms with E-state index in [2.05, 4.69) is 4.90 Å². The first-order chi connectivity index (χ1) is 8.97. The van der Waals surface area contributed by atoms with Crippen molar-refractivity contribution in [3.8, 4) is 0 Å². The van der Waals surface area contributed by atoms with E-state index in [1.807, 2.05) is 19.0 Å². The number of halogens is 2. The van der Waals surface area contributed by atoms with Crippen molar-refractivity contribution in [1.82, 2.24) is 9.80 Å². The summed E-state index contributed by atoms with van der Waals surface area (Å²) < 4.78 is 26.3. The normalized spacial score (nSPS) is 20.2. The first kappa shape index (κ1) is 14.1. The largest absolute Gasteiger partial charge is 0.305 e. The van der Waals surface area contributed by atoms with Gasteiger partial charge in [-0.1, -0.05) is 0 Å². The number of likely N-dealkylation sites (N-methyl/N-ethyl adjacent to an activating group) is 1.